The van der Waals surface area contributed by atoms with Crippen LogP contribution in [0.1, 0.15) is 98.3 Å². The van der Waals surface area contributed by atoms with Crippen molar-refractivity contribution < 1.29 is 9.50 Å². The number of alkyl halides is 1. The van der Waals surface area contributed by atoms with E-state index in [9.17, 15) is 9.50 Å². The molecule has 0 radical (unpaired) electrons. The molecule has 0 amide bonds. The molecule has 7 atom stereocenters. The maximum absolute atomic E-state index is 13.8. The Morgan fingerprint density at radius 2 is 1.96 bits per heavy atom. The molecule has 0 heterocycles. The Hall–Kier alpha value is -0.370. The first-order chi connectivity index (χ1) is 12.4. The number of allylic oxidation sites excluding steroid dienone is 2. The van der Waals surface area contributed by atoms with Gasteiger partial charge in [0, 0.05) is 6.42 Å². The first-order valence-corrected chi connectivity index (χ1v) is 11.3. The third kappa shape index (κ3) is 5.57. The fraction of sp³-hybridized carbons (Fsp3) is 0.917. The quantitative estimate of drug-likeness (QED) is 0.455. The summed E-state index contributed by atoms with van der Waals surface area (Å²) in [6, 6.07) is 0. The fourth-order valence-electron chi connectivity index (χ4n) is 6.13. The summed E-state index contributed by atoms with van der Waals surface area (Å²) in [5, 5.41) is 9.92. The maximum atomic E-state index is 13.8. The van der Waals surface area contributed by atoms with Crippen molar-refractivity contribution in [2.75, 3.05) is 0 Å². The van der Waals surface area contributed by atoms with Gasteiger partial charge >= 0.3 is 0 Å². The van der Waals surface area contributed by atoms with E-state index in [-0.39, 0.29) is 0 Å². The van der Waals surface area contributed by atoms with Gasteiger partial charge in [0.05, 0.1) is 6.10 Å². The predicted molar refractivity (Wildman–Crippen MR) is 110 cm³/mol. The third-order valence-electron chi connectivity index (χ3n) is 7.83. The zero-order valence-electron chi connectivity index (χ0n) is 17.7. The molecule has 0 aromatic carbocycles. The Kier molecular flexibility index (Phi) is 8.64. The normalized spacial score (nSPS) is 40.0. The SMILES string of the molecule is C/C=C/CC(C)[C@@]1(C)CCC[C@@H](CC[C@H]2C[C@@H](O)C[C@H](F)C2)[C@H]1CCC. The molecule has 1 N–H and O–H groups in total. The largest absolute Gasteiger partial charge is 0.393 e. The van der Waals surface area contributed by atoms with Gasteiger partial charge in [0.2, 0.25) is 0 Å². The van der Waals surface area contributed by atoms with Crippen molar-refractivity contribution in [3.63, 3.8) is 0 Å². The van der Waals surface area contributed by atoms with Gasteiger partial charge in [-0.1, -0.05) is 52.2 Å². The summed E-state index contributed by atoms with van der Waals surface area (Å²) in [6.07, 6.45) is 15.4. The molecule has 2 aliphatic carbocycles. The van der Waals surface area contributed by atoms with E-state index in [1.54, 1.807) is 0 Å². The van der Waals surface area contributed by atoms with Crippen molar-refractivity contribution in [2.24, 2.45) is 29.1 Å². The van der Waals surface area contributed by atoms with Crippen LogP contribution in [0, 0.1) is 29.1 Å². The van der Waals surface area contributed by atoms with Crippen molar-refractivity contribution in [1.82, 2.24) is 0 Å². The van der Waals surface area contributed by atoms with Gasteiger partial charge in [-0.3, -0.25) is 0 Å². The van der Waals surface area contributed by atoms with Gasteiger partial charge in [0.1, 0.15) is 6.17 Å². The van der Waals surface area contributed by atoms with Crippen molar-refractivity contribution >= 4 is 0 Å². The van der Waals surface area contributed by atoms with Crippen molar-refractivity contribution in [3.8, 4) is 0 Å². The molecule has 2 rings (SSSR count). The van der Waals surface area contributed by atoms with Crippen LogP contribution in [0.2, 0.25) is 0 Å². The third-order valence-corrected chi connectivity index (χ3v) is 7.83. The molecule has 2 fully saturated rings. The average Bonchev–Trinajstić information content (AvgIpc) is 2.59. The van der Waals surface area contributed by atoms with E-state index in [0.29, 0.717) is 24.2 Å². The summed E-state index contributed by atoms with van der Waals surface area (Å²) in [6.45, 7) is 9.46. The van der Waals surface area contributed by atoms with Crippen LogP contribution < -0.4 is 0 Å². The molecule has 26 heavy (non-hydrogen) atoms. The Bertz CT molecular complexity index is 424. The van der Waals surface area contributed by atoms with Crippen LogP contribution in [0.15, 0.2) is 12.2 Å². The molecule has 2 saturated carbocycles. The Morgan fingerprint density at radius 3 is 2.62 bits per heavy atom. The first kappa shape index (κ1) is 21.9. The Labute approximate surface area is 161 Å². The molecule has 0 aromatic rings. The van der Waals surface area contributed by atoms with E-state index >= 15 is 0 Å². The molecule has 2 aliphatic rings. The van der Waals surface area contributed by atoms with Gasteiger partial charge in [-0.15, -0.1) is 0 Å². The summed E-state index contributed by atoms with van der Waals surface area (Å²) < 4.78 is 13.8. The van der Waals surface area contributed by atoms with E-state index in [1.807, 2.05) is 0 Å². The lowest BCUT2D eigenvalue weighted by Gasteiger charge is -2.50. The molecule has 0 bridgehead atoms. The highest BCUT2D eigenvalue weighted by Gasteiger charge is 2.44. The van der Waals surface area contributed by atoms with Crippen molar-refractivity contribution in [3.05, 3.63) is 12.2 Å². The fourth-order valence-corrected chi connectivity index (χ4v) is 6.13. The van der Waals surface area contributed by atoms with Gasteiger partial charge in [0.15, 0.2) is 0 Å². The summed E-state index contributed by atoms with van der Waals surface area (Å²) in [4.78, 5) is 0. The monoisotopic (exact) mass is 366 g/mol. The van der Waals surface area contributed by atoms with E-state index in [2.05, 4.69) is 39.8 Å². The van der Waals surface area contributed by atoms with Crippen LogP contribution in [0.4, 0.5) is 4.39 Å². The minimum Gasteiger partial charge on any atom is -0.393 e. The second kappa shape index (κ2) is 10.2. The van der Waals surface area contributed by atoms with Gasteiger partial charge < -0.3 is 5.11 Å². The number of halogens is 1. The number of aliphatic hydroxyl groups excluding tert-OH is 1. The number of rotatable bonds is 8. The van der Waals surface area contributed by atoms with Gasteiger partial charge in [0.25, 0.3) is 0 Å². The molecule has 0 aliphatic heterocycles. The van der Waals surface area contributed by atoms with Crippen LogP contribution in [0.25, 0.3) is 0 Å². The number of hydrogen-bond acceptors (Lipinski definition) is 1. The molecule has 2 heteroatoms. The Morgan fingerprint density at radius 1 is 1.19 bits per heavy atom. The minimum absolute atomic E-state index is 0.360. The van der Waals surface area contributed by atoms with Gasteiger partial charge in [-0.2, -0.15) is 0 Å². The maximum Gasteiger partial charge on any atom is 0.103 e. The molecular weight excluding hydrogens is 323 g/mol. The minimum atomic E-state index is -0.785. The summed E-state index contributed by atoms with van der Waals surface area (Å²) >= 11 is 0. The second-order valence-corrected chi connectivity index (χ2v) is 9.66. The molecule has 1 nitrogen and oxygen atoms in total. The molecule has 152 valence electrons. The van der Waals surface area contributed by atoms with Crippen LogP contribution in [-0.2, 0) is 0 Å². The topological polar surface area (TPSA) is 20.2 Å². The number of hydrogen-bond donors (Lipinski definition) is 1. The summed E-state index contributed by atoms with van der Waals surface area (Å²) in [7, 11) is 0. The van der Waals surface area contributed by atoms with E-state index in [4.69, 9.17) is 0 Å². The zero-order chi connectivity index (χ0) is 19.2. The van der Waals surface area contributed by atoms with Gasteiger partial charge in [-0.05, 0) is 81.0 Å². The van der Waals surface area contributed by atoms with Crippen LogP contribution in [0.5, 0.6) is 0 Å². The molecule has 0 aromatic heterocycles. The van der Waals surface area contributed by atoms with E-state index in [1.165, 1.54) is 44.9 Å². The smallest absolute Gasteiger partial charge is 0.103 e. The number of aliphatic hydroxyl groups is 1. The predicted octanol–water partition coefficient (Wildman–Crippen LogP) is 7.09. The van der Waals surface area contributed by atoms with Crippen LogP contribution >= 0.6 is 0 Å². The molecular formula is C24H43FO. The van der Waals surface area contributed by atoms with Crippen molar-refractivity contribution in [2.45, 2.75) is 111 Å². The van der Waals surface area contributed by atoms with E-state index in [0.717, 1.165) is 30.6 Å². The highest BCUT2D eigenvalue weighted by atomic mass is 19.1. The van der Waals surface area contributed by atoms with Crippen LogP contribution in [-0.4, -0.2) is 17.4 Å². The van der Waals surface area contributed by atoms with Gasteiger partial charge in [-0.25, -0.2) is 4.39 Å². The molecule has 0 saturated heterocycles. The Balaban J connectivity index is 2.01. The van der Waals surface area contributed by atoms with E-state index < -0.39 is 12.3 Å². The highest BCUT2D eigenvalue weighted by molar-refractivity contribution is 4.96. The zero-order valence-corrected chi connectivity index (χ0v) is 17.7. The summed E-state index contributed by atoms with van der Waals surface area (Å²) in [5.41, 5.74) is 0.438. The first-order valence-electron chi connectivity index (χ1n) is 11.3. The lowest BCUT2D eigenvalue weighted by atomic mass is 9.55. The lowest BCUT2D eigenvalue weighted by molar-refractivity contribution is -0.00635. The van der Waals surface area contributed by atoms with Crippen molar-refractivity contribution in [1.29, 1.82) is 0 Å². The highest BCUT2D eigenvalue weighted by Crippen LogP contribution is 2.53. The molecule has 1 unspecified atom stereocenters. The standard InChI is InChI=1S/C24H43FO/c1-5-7-10-18(3)24(4)14-8-11-20(23(24)9-6-2)13-12-19-15-21(25)17-22(26)16-19/h5,7,18-23,26H,6,8-17H2,1-4H3/b7-5+/t18?,19-,20+,21-,22-,23-,24-/m1/s1. The lowest BCUT2D eigenvalue weighted by Crippen LogP contribution is -2.42. The average molecular weight is 367 g/mol. The van der Waals surface area contributed by atoms with Crippen LogP contribution in [0.3, 0.4) is 0 Å². The molecule has 0 spiro atoms. The second-order valence-electron chi connectivity index (χ2n) is 9.66. The summed E-state index contributed by atoms with van der Waals surface area (Å²) in [5.74, 6) is 2.71.